The molecular formula is C23H33N9O4S. The molecule has 13 nitrogen and oxygen atoms in total. The van der Waals surface area contributed by atoms with Crippen molar-refractivity contribution in [3.05, 3.63) is 24.0 Å². The summed E-state index contributed by atoms with van der Waals surface area (Å²) in [6.07, 6.45) is 2.84. The SMILES string of the molecule is COc1cccc2c1nc(CN)n2-c1nc(N2CCOCC2)nc(N(C)C2CCCN(S(C)(=O)=O)C2)n1. The number of imidazole rings is 1. The predicted molar refractivity (Wildman–Crippen MR) is 140 cm³/mol. The van der Waals surface area contributed by atoms with Gasteiger partial charge in [-0.1, -0.05) is 6.07 Å². The van der Waals surface area contributed by atoms with E-state index in [1.807, 2.05) is 34.7 Å². The second-order valence-corrected chi connectivity index (χ2v) is 11.2. The van der Waals surface area contributed by atoms with E-state index in [4.69, 9.17) is 35.1 Å². The third-order valence-corrected chi connectivity index (χ3v) is 8.18. The minimum atomic E-state index is -3.29. The van der Waals surface area contributed by atoms with Crippen molar-refractivity contribution in [2.45, 2.75) is 25.4 Å². The van der Waals surface area contributed by atoms with Gasteiger partial charge >= 0.3 is 0 Å². The molecule has 2 aliphatic heterocycles. The molecule has 5 rings (SSSR count). The van der Waals surface area contributed by atoms with Crippen LogP contribution in [-0.2, 0) is 21.3 Å². The van der Waals surface area contributed by atoms with E-state index in [2.05, 4.69) is 4.90 Å². The fourth-order valence-corrected chi connectivity index (χ4v) is 5.76. The van der Waals surface area contributed by atoms with E-state index in [0.717, 1.165) is 18.4 Å². The minimum absolute atomic E-state index is 0.0788. The molecule has 2 aromatic heterocycles. The zero-order valence-electron chi connectivity index (χ0n) is 21.4. The van der Waals surface area contributed by atoms with Gasteiger partial charge in [-0.2, -0.15) is 15.0 Å². The van der Waals surface area contributed by atoms with E-state index < -0.39 is 10.0 Å². The van der Waals surface area contributed by atoms with Crippen molar-refractivity contribution in [3.8, 4) is 11.7 Å². The number of sulfonamides is 1. The van der Waals surface area contributed by atoms with E-state index in [0.29, 0.717) is 74.3 Å². The minimum Gasteiger partial charge on any atom is -0.494 e. The van der Waals surface area contributed by atoms with Crippen LogP contribution >= 0.6 is 0 Å². The Morgan fingerprint density at radius 2 is 1.89 bits per heavy atom. The lowest BCUT2D eigenvalue weighted by atomic mass is 10.1. The summed E-state index contributed by atoms with van der Waals surface area (Å²) in [5.41, 5.74) is 7.54. The number of hydrogen-bond acceptors (Lipinski definition) is 11. The summed E-state index contributed by atoms with van der Waals surface area (Å²) in [5.74, 6) is 2.60. The summed E-state index contributed by atoms with van der Waals surface area (Å²) in [6, 6.07) is 5.59. The zero-order valence-corrected chi connectivity index (χ0v) is 22.2. The number of fused-ring (bicyclic) bond motifs is 1. The fourth-order valence-electron chi connectivity index (χ4n) is 4.85. The molecule has 0 bridgehead atoms. The molecule has 0 aliphatic carbocycles. The third kappa shape index (κ3) is 5.06. The molecule has 2 N–H and O–H groups in total. The predicted octanol–water partition coefficient (Wildman–Crippen LogP) is 0.375. The van der Waals surface area contributed by atoms with Crippen LogP contribution in [0.2, 0.25) is 0 Å². The van der Waals surface area contributed by atoms with E-state index >= 15 is 0 Å². The van der Waals surface area contributed by atoms with Crippen molar-refractivity contribution >= 4 is 33.0 Å². The van der Waals surface area contributed by atoms with Gasteiger partial charge in [0.2, 0.25) is 27.9 Å². The second kappa shape index (κ2) is 10.4. The molecule has 14 heteroatoms. The Hall–Kier alpha value is -3.07. The first-order valence-corrected chi connectivity index (χ1v) is 14.2. The first-order chi connectivity index (χ1) is 17.8. The van der Waals surface area contributed by atoms with Crippen molar-refractivity contribution in [2.75, 3.05) is 69.6 Å². The molecule has 2 fully saturated rings. The third-order valence-electron chi connectivity index (χ3n) is 6.91. The number of ether oxygens (including phenoxy) is 2. The second-order valence-electron chi connectivity index (χ2n) is 9.26. The average molecular weight is 532 g/mol. The molecule has 1 aromatic carbocycles. The van der Waals surface area contributed by atoms with Gasteiger partial charge in [0.25, 0.3) is 0 Å². The number of morpholine rings is 1. The van der Waals surface area contributed by atoms with Gasteiger partial charge < -0.3 is 25.0 Å². The monoisotopic (exact) mass is 531 g/mol. The summed E-state index contributed by atoms with van der Waals surface area (Å²) in [5, 5.41) is 0. The molecule has 0 saturated carbocycles. The first kappa shape index (κ1) is 25.6. The number of nitrogens with zero attached hydrogens (tertiary/aromatic N) is 8. The van der Waals surface area contributed by atoms with Gasteiger partial charge in [-0.05, 0) is 25.0 Å². The summed E-state index contributed by atoms with van der Waals surface area (Å²) < 4.78 is 38.9. The smallest absolute Gasteiger partial charge is 0.242 e. The topological polar surface area (TPSA) is 145 Å². The number of piperidine rings is 1. The van der Waals surface area contributed by atoms with Crippen molar-refractivity contribution in [1.82, 2.24) is 28.8 Å². The number of para-hydroxylation sites is 1. The maximum atomic E-state index is 12.2. The Morgan fingerprint density at radius 1 is 1.14 bits per heavy atom. The van der Waals surface area contributed by atoms with E-state index in [-0.39, 0.29) is 12.6 Å². The van der Waals surface area contributed by atoms with Crippen molar-refractivity contribution < 1.29 is 17.9 Å². The molecule has 2 saturated heterocycles. The molecule has 4 heterocycles. The normalized spacial score (nSPS) is 19.4. The van der Waals surface area contributed by atoms with Crippen molar-refractivity contribution in [1.29, 1.82) is 0 Å². The van der Waals surface area contributed by atoms with Gasteiger partial charge in [-0.15, -0.1) is 0 Å². The molecule has 3 aromatic rings. The van der Waals surface area contributed by atoms with Crippen LogP contribution in [0, 0.1) is 0 Å². The molecular weight excluding hydrogens is 498 g/mol. The van der Waals surface area contributed by atoms with Crippen molar-refractivity contribution in [3.63, 3.8) is 0 Å². The summed E-state index contributed by atoms with van der Waals surface area (Å²) >= 11 is 0. The Kier molecular flexibility index (Phi) is 7.16. The van der Waals surface area contributed by atoms with Crippen LogP contribution in [-0.4, -0.2) is 103 Å². The molecule has 0 spiro atoms. The number of anilines is 2. The van der Waals surface area contributed by atoms with Crippen molar-refractivity contribution in [2.24, 2.45) is 5.73 Å². The largest absolute Gasteiger partial charge is 0.494 e. The van der Waals surface area contributed by atoms with Gasteiger partial charge in [0.05, 0.1) is 38.6 Å². The number of benzene rings is 1. The maximum absolute atomic E-state index is 12.2. The first-order valence-electron chi connectivity index (χ1n) is 12.3. The van der Waals surface area contributed by atoms with Crippen LogP contribution in [0.1, 0.15) is 18.7 Å². The highest BCUT2D eigenvalue weighted by Crippen LogP contribution is 2.29. The Balaban J connectivity index is 1.61. The molecule has 0 amide bonds. The van der Waals surface area contributed by atoms with Crippen LogP contribution in [0.15, 0.2) is 18.2 Å². The van der Waals surface area contributed by atoms with Crippen LogP contribution in [0.3, 0.4) is 0 Å². The summed E-state index contributed by atoms with van der Waals surface area (Å²) in [4.78, 5) is 23.2. The highest BCUT2D eigenvalue weighted by Gasteiger charge is 2.30. The number of nitrogens with two attached hydrogens (primary N) is 1. The van der Waals surface area contributed by atoms with E-state index in [9.17, 15) is 8.42 Å². The zero-order chi connectivity index (χ0) is 26.2. The molecule has 200 valence electrons. The fraction of sp³-hybridized carbons (Fsp3) is 0.565. The van der Waals surface area contributed by atoms with Gasteiger partial charge in [0.15, 0.2) is 0 Å². The standard InChI is InChI=1S/C23H33N9O4S/c1-29(16-6-5-9-31(15-16)37(3,33)34)21-26-22(30-10-12-36-13-11-30)28-23(27-21)32-17-7-4-8-18(35-2)20(17)25-19(32)14-24/h4,7-8,16H,5-6,9-15,24H2,1-3H3. The van der Waals surface area contributed by atoms with Gasteiger partial charge in [-0.25, -0.2) is 17.7 Å². The van der Waals surface area contributed by atoms with E-state index in [1.54, 1.807) is 7.11 Å². The van der Waals surface area contributed by atoms with Crippen LogP contribution in [0.4, 0.5) is 11.9 Å². The van der Waals surface area contributed by atoms with Crippen LogP contribution < -0.4 is 20.3 Å². The van der Waals surface area contributed by atoms with Crippen LogP contribution in [0.5, 0.6) is 5.75 Å². The highest BCUT2D eigenvalue weighted by atomic mass is 32.2. The molecule has 1 atom stereocenters. The number of hydrogen-bond donors (Lipinski definition) is 1. The van der Waals surface area contributed by atoms with Gasteiger partial charge in [0, 0.05) is 39.3 Å². The number of methoxy groups -OCH3 is 1. The highest BCUT2D eigenvalue weighted by molar-refractivity contribution is 7.88. The molecule has 37 heavy (non-hydrogen) atoms. The Labute approximate surface area is 216 Å². The van der Waals surface area contributed by atoms with E-state index in [1.165, 1.54) is 10.6 Å². The number of aromatic nitrogens is 5. The lowest BCUT2D eigenvalue weighted by Gasteiger charge is -2.36. The Bertz CT molecular complexity index is 1370. The summed E-state index contributed by atoms with van der Waals surface area (Å²) in [6.45, 7) is 3.54. The van der Waals surface area contributed by atoms with Gasteiger partial charge in [0.1, 0.15) is 17.1 Å². The quantitative estimate of drug-likeness (QED) is 0.451. The van der Waals surface area contributed by atoms with Gasteiger partial charge in [-0.3, -0.25) is 4.57 Å². The Morgan fingerprint density at radius 3 is 2.59 bits per heavy atom. The maximum Gasteiger partial charge on any atom is 0.242 e. The molecule has 1 unspecified atom stereocenters. The number of rotatable bonds is 7. The molecule has 2 aliphatic rings. The van der Waals surface area contributed by atoms with Crippen LogP contribution in [0.25, 0.3) is 17.0 Å². The lowest BCUT2D eigenvalue weighted by molar-refractivity contribution is 0.122. The molecule has 0 radical (unpaired) electrons. The number of likely N-dealkylation sites (N-methyl/N-ethyl adjacent to an activating group) is 1. The summed E-state index contributed by atoms with van der Waals surface area (Å²) in [7, 11) is 0.214. The average Bonchev–Trinajstić information content (AvgIpc) is 3.31. The lowest BCUT2D eigenvalue weighted by Crippen LogP contribution is -2.49.